The van der Waals surface area contributed by atoms with Crippen molar-refractivity contribution in [1.29, 1.82) is 0 Å². The van der Waals surface area contributed by atoms with Crippen LogP contribution in [0.2, 0.25) is 0 Å². The van der Waals surface area contributed by atoms with E-state index in [1.54, 1.807) is 0 Å². The average molecular weight is 61.0 g/mol. The van der Waals surface area contributed by atoms with E-state index in [4.69, 9.17) is 5.11 Å². The molecule has 0 aliphatic heterocycles. The summed E-state index contributed by atoms with van der Waals surface area (Å²) in [5.74, 6) is 0. The molecule has 23 valence electrons. The van der Waals surface area contributed by atoms with Crippen LogP contribution in [-0.4, -0.2) is 5.11 Å². The van der Waals surface area contributed by atoms with Gasteiger partial charge in [-0.2, -0.15) is 0 Å². The maximum Gasteiger partial charge on any atom is 0.196 e. The Hall–Kier alpha value is -0.530. The Balaban J connectivity index is 2.55. The van der Waals surface area contributed by atoms with Gasteiger partial charge in [-0.3, -0.25) is 0 Å². The third-order valence-electron chi connectivity index (χ3n) is 0.0488. The first-order chi connectivity index (χ1) is 1.91. The monoisotopic (exact) mass is 61.0 g/mol. The summed E-state index contributed by atoms with van der Waals surface area (Å²) in [6.07, 6.45) is 1.07. The van der Waals surface area contributed by atoms with E-state index in [2.05, 4.69) is 0 Å². The van der Waals surface area contributed by atoms with Crippen molar-refractivity contribution in [3.8, 4) is 0 Å². The number of aliphatic hydroxyl groups is 1. The van der Waals surface area contributed by atoms with Gasteiger partial charge in [-0.1, -0.05) is 0 Å². The van der Waals surface area contributed by atoms with E-state index in [1.807, 2.05) is 0 Å². The van der Waals surface area contributed by atoms with Gasteiger partial charge in [-0.15, -0.1) is 0 Å². The fourth-order valence-electron chi connectivity index (χ4n) is 0. The fourth-order valence-corrected chi connectivity index (χ4v) is 0. The molecule has 2 heteroatoms. The first-order valence-corrected chi connectivity index (χ1v) is 0.736. The molecule has 0 aliphatic rings. The second-order valence-corrected chi connectivity index (χ2v) is 0.238. The number of aliphatic hydroxyl groups excluding tert-OH is 1. The van der Waals surface area contributed by atoms with Crippen molar-refractivity contribution in [2.45, 2.75) is 0 Å². The van der Waals surface area contributed by atoms with Crippen molar-refractivity contribution in [1.82, 2.24) is 0 Å². The smallest absolute Gasteiger partial charge is 0.196 e. The molecule has 0 atom stereocenters. The topological polar surface area (TPSA) is 20.2 Å². The van der Waals surface area contributed by atoms with Crippen LogP contribution in [0.5, 0.6) is 0 Å². The van der Waals surface area contributed by atoms with Crippen molar-refractivity contribution in [2.75, 3.05) is 0 Å². The predicted molar refractivity (Wildman–Crippen MR) is 11.5 cm³/mol. The van der Waals surface area contributed by atoms with Crippen molar-refractivity contribution < 1.29 is 9.50 Å². The third-order valence-corrected chi connectivity index (χ3v) is 0.0488. The Kier molecular flexibility index (Phi) is 2.14. The average Bonchev–Trinajstić information content (AvgIpc) is 1.37. The van der Waals surface area contributed by atoms with E-state index in [9.17, 15) is 4.39 Å². The lowest BCUT2D eigenvalue weighted by Gasteiger charge is -1.48. The molecule has 0 saturated heterocycles. The lowest BCUT2D eigenvalue weighted by molar-refractivity contribution is 0.449. The molecule has 1 radical (unpaired) electrons. The van der Waals surface area contributed by atoms with E-state index in [-0.39, 0.29) is 6.26 Å². The molecular formula is C2H2FO. The van der Waals surface area contributed by atoms with E-state index >= 15 is 0 Å². The van der Waals surface area contributed by atoms with Crippen molar-refractivity contribution in [3.63, 3.8) is 0 Å². The minimum Gasteiger partial charge on any atom is -0.512 e. The number of hydrogen-bond acceptors (Lipinski definition) is 1. The second kappa shape index (κ2) is 2.47. The van der Waals surface area contributed by atoms with E-state index in [0.29, 0.717) is 0 Å². The molecule has 0 heterocycles. The summed E-state index contributed by atoms with van der Waals surface area (Å²) in [6.45, 7) is 0. The Morgan fingerprint density at radius 2 is 2.25 bits per heavy atom. The van der Waals surface area contributed by atoms with Gasteiger partial charge in [0.05, 0.1) is 0 Å². The normalized spacial score (nSPS) is 9.25. The van der Waals surface area contributed by atoms with Crippen molar-refractivity contribution in [3.05, 3.63) is 12.6 Å². The zero-order chi connectivity index (χ0) is 3.41. The third kappa shape index (κ3) is 1.47. The molecule has 1 nitrogen and oxygen atoms in total. The molecule has 4 heavy (non-hydrogen) atoms. The van der Waals surface area contributed by atoms with Crippen LogP contribution in [0, 0.1) is 6.33 Å². The van der Waals surface area contributed by atoms with Gasteiger partial charge in [0.15, 0.2) is 6.33 Å². The highest BCUT2D eigenvalue weighted by molar-refractivity contribution is 4.39. The van der Waals surface area contributed by atoms with Crippen LogP contribution in [-0.2, 0) is 0 Å². The molecule has 0 rings (SSSR count). The minimum absolute atomic E-state index is 0.208. The molecule has 0 amide bonds. The Labute approximate surface area is 23.4 Å². The highest BCUT2D eigenvalue weighted by atomic mass is 19.1. The molecule has 0 aromatic rings. The second-order valence-electron chi connectivity index (χ2n) is 0.238. The molecular weight excluding hydrogens is 59.0 g/mol. The van der Waals surface area contributed by atoms with Crippen molar-refractivity contribution >= 4 is 0 Å². The Bertz CT molecular complexity index is 21.2. The predicted octanol–water partition coefficient (Wildman–Crippen LogP) is 0.788. The summed E-state index contributed by atoms with van der Waals surface area (Å²) in [7, 11) is 0. The van der Waals surface area contributed by atoms with Gasteiger partial charge in [0, 0.05) is 0 Å². The summed E-state index contributed by atoms with van der Waals surface area (Å²) in [6, 6.07) is 0. The Morgan fingerprint density at radius 3 is 2.25 bits per heavy atom. The number of rotatable bonds is 0. The fraction of sp³-hybridized carbons (Fsp3) is 0. The van der Waals surface area contributed by atoms with Crippen LogP contribution in [0.3, 0.4) is 0 Å². The molecule has 0 bridgehead atoms. The van der Waals surface area contributed by atoms with E-state index < -0.39 is 0 Å². The van der Waals surface area contributed by atoms with Gasteiger partial charge in [0.2, 0.25) is 0 Å². The van der Waals surface area contributed by atoms with Crippen LogP contribution in [0.4, 0.5) is 4.39 Å². The molecule has 1 N–H and O–H groups in total. The highest BCUT2D eigenvalue weighted by Crippen LogP contribution is 1.55. The van der Waals surface area contributed by atoms with Crippen LogP contribution in [0.15, 0.2) is 6.26 Å². The molecule has 0 saturated carbocycles. The summed E-state index contributed by atoms with van der Waals surface area (Å²) in [5.41, 5.74) is 0. The van der Waals surface area contributed by atoms with Gasteiger partial charge < -0.3 is 5.11 Å². The first kappa shape index (κ1) is 3.47. The zero-order valence-electron chi connectivity index (χ0n) is 1.90. The maximum atomic E-state index is 10.2. The lowest BCUT2D eigenvalue weighted by atomic mass is 11.1. The minimum atomic E-state index is 0.208. The van der Waals surface area contributed by atoms with Gasteiger partial charge in [-0.25, -0.2) is 4.39 Å². The summed E-state index contributed by atoms with van der Waals surface area (Å²) < 4.78 is 10.2. The first-order valence-electron chi connectivity index (χ1n) is 0.736. The quantitative estimate of drug-likeness (QED) is 0.410. The van der Waals surface area contributed by atoms with Crippen LogP contribution in [0.25, 0.3) is 0 Å². The molecule has 0 unspecified atom stereocenters. The van der Waals surface area contributed by atoms with Gasteiger partial charge in [0.1, 0.15) is 6.26 Å². The summed E-state index contributed by atoms with van der Waals surface area (Å²) in [5, 5.41) is 7.26. The molecule has 0 spiro atoms. The maximum absolute atomic E-state index is 10.2. The molecule has 0 fully saturated rings. The van der Waals surface area contributed by atoms with Crippen LogP contribution in [0.1, 0.15) is 0 Å². The zero-order valence-corrected chi connectivity index (χ0v) is 1.90. The van der Waals surface area contributed by atoms with E-state index in [1.165, 1.54) is 0 Å². The summed E-state index contributed by atoms with van der Waals surface area (Å²) in [4.78, 5) is 0. The van der Waals surface area contributed by atoms with E-state index in [0.717, 1.165) is 6.33 Å². The highest BCUT2D eigenvalue weighted by Gasteiger charge is 1.43. The Morgan fingerprint density at radius 1 is 2.00 bits per heavy atom. The molecule has 0 aliphatic carbocycles. The SMILES string of the molecule is OC=[C]F. The van der Waals surface area contributed by atoms with Gasteiger partial charge in [-0.05, 0) is 0 Å². The van der Waals surface area contributed by atoms with Crippen LogP contribution >= 0.6 is 0 Å². The van der Waals surface area contributed by atoms with Crippen molar-refractivity contribution in [2.24, 2.45) is 0 Å². The van der Waals surface area contributed by atoms with Gasteiger partial charge >= 0.3 is 0 Å². The van der Waals surface area contributed by atoms with Gasteiger partial charge in [0.25, 0.3) is 0 Å². The summed E-state index contributed by atoms with van der Waals surface area (Å²) >= 11 is 0. The lowest BCUT2D eigenvalue weighted by Crippen LogP contribution is -1.35. The van der Waals surface area contributed by atoms with Crippen LogP contribution < -0.4 is 0 Å². The largest absolute Gasteiger partial charge is 0.512 e. The number of halogens is 1. The standard InChI is InChI=1S/C2H2FO/c3-1-2-4/h2,4H. The molecule has 0 aromatic heterocycles. The molecule has 0 aromatic carbocycles. The number of hydrogen-bond donors (Lipinski definition) is 1.